The Labute approximate surface area is 123 Å². The van der Waals surface area contributed by atoms with Crippen LogP contribution in [0.3, 0.4) is 0 Å². The lowest BCUT2D eigenvalue weighted by Crippen LogP contribution is -2.33. The molecule has 3 nitrogen and oxygen atoms in total. The Morgan fingerprint density at radius 3 is 2.75 bits per heavy atom. The van der Waals surface area contributed by atoms with Gasteiger partial charge in [0.15, 0.2) is 4.77 Å². The van der Waals surface area contributed by atoms with Crippen LogP contribution in [0.4, 0.5) is 4.39 Å². The van der Waals surface area contributed by atoms with Crippen molar-refractivity contribution in [3.8, 4) is 0 Å². The largest absolute Gasteiger partial charge is 0.330 e. The van der Waals surface area contributed by atoms with Crippen LogP contribution in [0.2, 0.25) is 0 Å². The van der Waals surface area contributed by atoms with Gasteiger partial charge in [0.2, 0.25) is 0 Å². The number of halogens is 1. The summed E-state index contributed by atoms with van der Waals surface area (Å²) in [6, 6.07) is 3.87. The van der Waals surface area contributed by atoms with Gasteiger partial charge >= 0.3 is 0 Å². The van der Waals surface area contributed by atoms with Crippen LogP contribution in [0.1, 0.15) is 25.3 Å². The molecule has 1 unspecified atom stereocenters. The van der Waals surface area contributed by atoms with E-state index in [1.807, 2.05) is 6.07 Å². The lowest BCUT2D eigenvalue weighted by Gasteiger charge is -2.24. The van der Waals surface area contributed by atoms with Crippen molar-refractivity contribution in [2.75, 3.05) is 13.1 Å². The van der Waals surface area contributed by atoms with Gasteiger partial charge in [-0.15, -0.1) is 0 Å². The fourth-order valence-electron chi connectivity index (χ4n) is 3.03. The molecule has 108 valence electrons. The van der Waals surface area contributed by atoms with Crippen LogP contribution < -0.4 is 0 Å². The Balaban J connectivity index is 1.96. The van der Waals surface area contributed by atoms with E-state index in [4.69, 9.17) is 12.2 Å². The first-order chi connectivity index (χ1) is 9.56. The van der Waals surface area contributed by atoms with Gasteiger partial charge in [-0.1, -0.05) is 0 Å². The Kier molecular flexibility index (Phi) is 3.65. The van der Waals surface area contributed by atoms with E-state index in [1.54, 1.807) is 6.92 Å². The van der Waals surface area contributed by atoms with Gasteiger partial charge < -0.3 is 9.55 Å². The number of aryl methyl sites for hydroxylation is 1. The summed E-state index contributed by atoms with van der Waals surface area (Å²) < 4.78 is 16.4. The first kappa shape index (κ1) is 13.8. The fourth-order valence-corrected chi connectivity index (χ4v) is 3.31. The third-order valence-electron chi connectivity index (χ3n) is 4.27. The van der Waals surface area contributed by atoms with Crippen LogP contribution in [0.15, 0.2) is 12.1 Å². The van der Waals surface area contributed by atoms with Gasteiger partial charge in [0.1, 0.15) is 5.82 Å². The van der Waals surface area contributed by atoms with E-state index in [0.29, 0.717) is 16.4 Å². The first-order valence-corrected chi connectivity index (χ1v) is 7.60. The van der Waals surface area contributed by atoms with Gasteiger partial charge in [-0.3, -0.25) is 4.90 Å². The molecular formula is C15H20FN3S. The maximum absolute atomic E-state index is 13.6. The van der Waals surface area contributed by atoms with Crippen LogP contribution >= 0.6 is 12.2 Å². The molecule has 3 rings (SSSR count). The van der Waals surface area contributed by atoms with Gasteiger partial charge in [0.05, 0.1) is 11.0 Å². The maximum Gasteiger partial charge on any atom is 0.178 e. The molecule has 1 atom stereocenters. The van der Waals surface area contributed by atoms with E-state index in [-0.39, 0.29) is 5.82 Å². The second-order valence-electron chi connectivity index (χ2n) is 5.75. The average molecular weight is 293 g/mol. The van der Waals surface area contributed by atoms with E-state index in [0.717, 1.165) is 17.6 Å². The van der Waals surface area contributed by atoms with Gasteiger partial charge in [0, 0.05) is 12.6 Å². The number of H-pyrrole nitrogens is 1. The minimum absolute atomic E-state index is 0.187. The quantitative estimate of drug-likeness (QED) is 0.874. The van der Waals surface area contributed by atoms with Crippen molar-refractivity contribution in [1.29, 1.82) is 0 Å². The molecule has 2 heterocycles. The predicted molar refractivity (Wildman–Crippen MR) is 82.1 cm³/mol. The van der Waals surface area contributed by atoms with Crippen molar-refractivity contribution < 1.29 is 4.39 Å². The van der Waals surface area contributed by atoms with Crippen molar-refractivity contribution in [3.63, 3.8) is 0 Å². The molecule has 1 aromatic carbocycles. The summed E-state index contributed by atoms with van der Waals surface area (Å²) in [6.45, 7) is 7.22. The molecule has 1 aromatic heterocycles. The SMILES string of the molecule is Cc1cc2c(cc1F)[nH]c(=S)n2CC(C)N1CCCC1. The number of nitrogens with one attached hydrogen (secondary N) is 1. The summed E-state index contributed by atoms with van der Waals surface area (Å²) in [4.78, 5) is 5.61. The first-order valence-electron chi connectivity index (χ1n) is 7.19. The maximum atomic E-state index is 13.6. The monoisotopic (exact) mass is 293 g/mol. The van der Waals surface area contributed by atoms with Gasteiger partial charge in [-0.05, 0) is 69.7 Å². The van der Waals surface area contributed by atoms with Crippen LogP contribution in [-0.2, 0) is 6.54 Å². The molecular weight excluding hydrogens is 273 g/mol. The number of imidazole rings is 1. The molecule has 1 aliphatic rings. The molecule has 0 spiro atoms. The number of likely N-dealkylation sites (tertiary alicyclic amines) is 1. The number of aromatic nitrogens is 2. The van der Waals surface area contributed by atoms with E-state index >= 15 is 0 Å². The zero-order valence-corrected chi connectivity index (χ0v) is 12.8. The molecule has 0 bridgehead atoms. The standard InChI is InChI=1S/C15H20FN3S/c1-10-7-14-13(8-12(10)16)17-15(20)19(14)9-11(2)18-5-3-4-6-18/h7-8,11H,3-6,9H2,1-2H3,(H,17,20). The van der Waals surface area contributed by atoms with Crippen molar-refractivity contribution in [1.82, 2.24) is 14.5 Å². The molecule has 1 saturated heterocycles. The van der Waals surface area contributed by atoms with Crippen LogP contribution in [-0.4, -0.2) is 33.6 Å². The van der Waals surface area contributed by atoms with Crippen molar-refractivity contribution in [2.24, 2.45) is 0 Å². The highest BCUT2D eigenvalue weighted by atomic mass is 32.1. The third kappa shape index (κ3) is 2.40. The smallest absolute Gasteiger partial charge is 0.178 e. The molecule has 0 saturated carbocycles. The number of hydrogen-bond donors (Lipinski definition) is 1. The molecule has 0 amide bonds. The number of fused-ring (bicyclic) bond motifs is 1. The fraction of sp³-hybridized carbons (Fsp3) is 0.533. The Morgan fingerprint density at radius 2 is 2.05 bits per heavy atom. The molecule has 0 aliphatic carbocycles. The molecule has 0 radical (unpaired) electrons. The highest BCUT2D eigenvalue weighted by molar-refractivity contribution is 7.71. The van der Waals surface area contributed by atoms with E-state index in [1.165, 1.54) is 32.0 Å². The normalized spacial score (nSPS) is 17.9. The molecule has 1 N–H and O–H groups in total. The van der Waals surface area contributed by atoms with Crippen molar-refractivity contribution >= 4 is 23.3 Å². The highest BCUT2D eigenvalue weighted by Gasteiger charge is 2.19. The van der Waals surface area contributed by atoms with Gasteiger partial charge in [-0.25, -0.2) is 4.39 Å². The zero-order chi connectivity index (χ0) is 14.3. The second-order valence-corrected chi connectivity index (χ2v) is 6.14. The lowest BCUT2D eigenvalue weighted by molar-refractivity contribution is 0.237. The van der Waals surface area contributed by atoms with Crippen LogP contribution in [0, 0.1) is 17.5 Å². The van der Waals surface area contributed by atoms with E-state index in [2.05, 4.69) is 21.4 Å². The summed E-state index contributed by atoms with van der Waals surface area (Å²) in [5.41, 5.74) is 2.45. The Morgan fingerprint density at radius 1 is 1.35 bits per heavy atom. The minimum Gasteiger partial charge on any atom is -0.330 e. The summed E-state index contributed by atoms with van der Waals surface area (Å²) >= 11 is 5.40. The zero-order valence-electron chi connectivity index (χ0n) is 11.9. The van der Waals surface area contributed by atoms with Crippen LogP contribution in [0.5, 0.6) is 0 Å². The number of benzene rings is 1. The Bertz CT molecular complexity index is 682. The van der Waals surface area contributed by atoms with Crippen molar-refractivity contribution in [3.05, 3.63) is 28.3 Å². The third-order valence-corrected chi connectivity index (χ3v) is 4.59. The summed E-state index contributed by atoms with van der Waals surface area (Å²) in [5.74, 6) is -0.187. The van der Waals surface area contributed by atoms with Gasteiger partial charge in [0.25, 0.3) is 0 Å². The molecule has 5 heteroatoms. The van der Waals surface area contributed by atoms with Crippen LogP contribution in [0.25, 0.3) is 11.0 Å². The Hall–Kier alpha value is -1.20. The number of hydrogen-bond acceptors (Lipinski definition) is 2. The predicted octanol–water partition coefficient (Wildman–Crippen LogP) is 3.63. The molecule has 2 aromatic rings. The van der Waals surface area contributed by atoms with E-state index < -0.39 is 0 Å². The highest BCUT2D eigenvalue weighted by Crippen LogP contribution is 2.21. The number of rotatable bonds is 3. The topological polar surface area (TPSA) is 24.0 Å². The second kappa shape index (κ2) is 5.30. The minimum atomic E-state index is -0.187. The van der Waals surface area contributed by atoms with Crippen molar-refractivity contribution in [2.45, 2.75) is 39.3 Å². The molecule has 1 fully saturated rings. The molecule has 20 heavy (non-hydrogen) atoms. The summed E-state index contributed by atoms with van der Waals surface area (Å²) in [6.07, 6.45) is 2.57. The summed E-state index contributed by atoms with van der Waals surface area (Å²) in [5, 5.41) is 0. The number of aromatic amines is 1. The average Bonchev–Trinajstić information content (AvgIpc) is 3.01. The van der Waals surface area contributed by atoms with Gasteiger partial charge in [-0.2, -0.15) is 0 Å². The summed E-state index contributed by atoms with van der Waals surface area (Å²) in [7, 11) is 0. The lowest BCUT2D eigenvalue weighted by atomic mass is 10.2. The molecule has 1 aliphatic heterocycles. The number of nitrogens with zero attached hydrogens (tertiary/aromatic N) is 2. The van der Waals surface area contributed by atoms with E-state index in [9.17, 15) is 4.39 Å².